The van der Waals surface area contributed by atoms with Crippen LogP contribution in [0.5, 0.6) is 11.5 Å². The fraction of sp³-hybridized carbons (Fsp3) is 0.471. The molecule has 1 aromatic rings. The Morgan fingerprint density at radius 1 is 1.23 bits per heavy atom. The van der Waals surface area contributed by atoms with Crippen LogP contribution in [-0.4, -0.2) is 80.8 Å². The normalized spacial score (nSPS) is 23.4. The number of hydrogen-bond acceptors (Lipinski definition) is 8. The number of halogens is 1. The van der Waals surface area contributed by atoms with E-state index < -0.39 is 41.0 Å². The first-order chi connectivity index (χ1) is 14.1. The number of methoxy groups -OCH3 is 2. The van der Waals surface area contributed by atoms with Crippen LogP contribution in [0.1, 0.15) is 0 Å². The van der Waals surface area contributed by atoms with Crippen molar-refractivity contribution in [3.63, 3.8) is 0 Å². The Morgan fingerprint density at radius 3 is 2.57 bits per heavy atom. The van der Waals surface area contributed by atoms with Crippen molar-refractivity contribution in [2.24, 2.45) is 4.99 Å². The molecule has 2 atom stereocenters. The number of benzene rings is 1. The number of rotatable bonds is 7. The molecule has 0 saturated carbocycles. The number of ether oxygens (including phenoxy) is 3. The first-order valence-corrected chi connectivity index (χ1v) is 11.7. The number of aliphatic carboxylic acids is 1. The minimum atomic E-state index is -3.26. The van der Waals surface area contributed by atoms with Crippen LogP contribution >= 0.6 is 23.4 Å². The second-order valence-electron chi connectivity index (χ2n) is 6.50. The maximum atomic E-state index is 12.2. The number of carboxylic acids is 1. The summed E-state index contributed by atoms with van der Waals surface area (Å²) in [6.07, 6.45) is 0. The summed E-state index contributed by atoms with van der Waals surface area (Å²) in [5.74, 6) is -1.32. The van der Waals surface area contributed by atoms with E-state index in [0.717, 1.165) is 11.8 Å². The molecule has 0 aliphatic carbocycles. The third kappa shape index (κ3) is 4.82. The van der Waals surface area contributed by atoms with Crippen molar-refractivity contribution in [1.82, 2.24) is 0 Å². The van der Waals surface area contributed by atoms with Crippen molar-refractivity contribution >= 4 is 55.9 Å². The van der Waals surface area contributed by atoms with Crippen LogP contribution in [0.2, 0.25) is 5.02 Å². The quantitative estimate of drug-likeness (QED) is 0.606. The van der Waals surface area contributed by atoms with Gasteiger partial charge in [-0.25, -0.2) is 13.2 Å². The third-order valence-electron chi connectivity index (χ3n) is 4.45. The highest BCUT2D eigenvalue weighted by Crippen LogP contribution is 2.46. The van der Waals surface area contributed by atoms with E-state index in [0.29, 0.717) is 17.2 Å². The van der Waals surface area contributed by atoms with Crippen LogP contribution < -0.4 is 14.4 Å². The number of anilines is 1. The largest absolute Gasteiger partial charge is 0.495 e. The molecule has 0 spiro atoms. The van der Waals surface area contributed by atoms with E-state index in [1.54, 1.807) is 17.0 Å². The molecule has 1 amide bonds. The lowest BCUT2D eigenvalue weighted by molar-refractivity contribution is -0.143. The van der Waals surface area contributed by atoms with Crippen LogP contribution in [0.4, 0.5) is 5.69 Å². The summed E-state index contributed by atoms with van der Waals surface area (Å²) in [6, 6.07) is 2.66. The lowest BCUT2D eigenvalue weighted by Crippen LogP contribution is -2.38. The molecular formula is C17H19ClN2O8S2. The third-order valence-corrected chi connectivity index (χ3v) is 7.96. The first-order valence-electron chi connectivity index (χ1n) is 8.64. The highest BCUT2D eigenvalue weighted by molar-refractivity contribution is 8.16. The molecule has 10 nitrogen and oxygen atoms in total. The molecule has 1 aromatic carbocycles. The average molecular weight is 479 g/mol. The highest BCUT2D eigenvalue weighted by Gasteiger charge is 2.50. The number of nitrogens with zero attached hydrogens (tertiary/aromatic N) is 2. The topological polar surface area (TPSA) is 132 Å². The zero-order valence-corrected chi connectivity index (χ0v) is 18.4. The Labute approximate surface area is 182 Å². The van der Waals surface area contributed by atoms with Gasteiger partial charge in [0.15, 0.2) is 15.0 Å². The molecule has 164 valence electrons. The number of carboxylic acid groups (broad SMARTS) is 1. The second kappa shape index (κ2) is 9.00. The van der Waals surface area contributed by atoms with E-state index in [1.807, 2.05) is 0 Å². The van der Waals surface area contributed by atoms with Crippen LogP contribution in [0.15, 0.2) is 17.1 Å². The van der Waals surface area contributed by atoms with Gasteiger partial charge < -0.3 is 24.2 Å². The summed E-state index contributed by atoms with van der Waals surface area (Å²) in [5.41, 5.74) is 0.443. The van der Waals surface area contributed by atoms with Gasteiger partial charge in [-0.15, -0.1) is 0 Å². The monoisotopic (exact) mass is 478 g/mol. The fourth-order valence-electron chi connectivity index (χ4n) is 3.24. The van der Waals surface area contributed by atoms with Crippen molar-refractivity contribution in [3.05, 3.63) is 17.2 Å². The van der Waals surface area contributed by atoms with Gasteiger partial charge in [-0.05, 0) is 6.07 Å². The van der Waals surface area contributed by atoms with Gasteiger partial charge >= 0.3 is 5.97 Å². The molecule has 3 rings (SSSR count). The number of thioether (sulfide) groups is 1. The number of carbonyl (C=O) groups is 2. The molecule has 2 aliphatic heterocycles. The molecule has 30 heavy (non-hydrogen) atoms. The number of aliphatic imine (C=N–C) groups is 1. The molecule has 0 radical (unpaired) electrons. The molecular weight excluding hydrogens is 460 g/mol. The minimum Gasteiger partial charge on any atom is -0.495 e. The number of amides is 1. The molecule has 1 N–H and O–H groups in total. The van der Waals surface area contributed by atoms with E-state index in [-0.39, 0.29) is 26.9 Å². The number of hydrogen-bond donors (Lipinski definition) is 1. The van der Waals surface area contributed by atoms with Crippen molar-refractivity contribution in [3.8, 4) is 11.5 Å². The van der Waals surface area contributed by atoms with Crippen molar-refractivity contribution in [1.29, 1.82) is 0 Å². The second-order valence-corrected chi connectivity index (χ2v) is 10.3. The summed E-state index contributed by atoms with van der Waals surface area (Å²) in [5, 5.41) is 8.82. The molecule has 13 heteroatoms. The van der Waals surface area contributed by atoms with E-state index in [9.17, 15) is 18.0 Å². The van der Waals surface area contributed by atoms with E-state index >= 15 is 0 Å². The molecule has 2 fully saturated rings. The van der Waals surface area contributed by atoms with E-state index in [1.165, 1.54) is 14.2 Å². The van der Waals surface area contributed by atoms with Gasteiger partial charge in [0.2, 0.25) is 0 Å². The summed E-state index contributed by atoms with van der Waals surface area (Å²) in [7, 11) is -0.358. The molecule has 2 heterocycles. The fourth-order valence-corrected chi connectivity index (χ4v) is 7.40. The van der Waals surface area contributed by atoms with Crippen molar-refractivity contribution in [2.45, 2.75) is 11.3 Å². The van der Waals surface area contributed by atoms with Crippen LogP contribution in [0.25, 0.3) is 0 Å². The zero-order valence-electron chi connectivity index (χ0n) is 16.0. The Kier molecular flexibility index (Phi) is 6.80. The van der Waals surface area contributed by atoms with Gasteiger partial charge in [-0.2, -0.15) is 4.99 Å². The van der Waals surface area contributed by atoms with Crippen LogP contribution in [0.3, 0.4) is 0 Å². The van der Waals surface area contributed by atoms with Gasteiger partial charge in [0.1, 0.15) is 24.7 Å². The average Bonchev–Trinajstić information content (AvgIpc) is 3.11. The number of amidine groups is 1. The Balaban J connectivity index is 1.98. The predicted molar refractivity (Wildman–Crippen MR) is 112 cm³/mol. The SMILES string of the molecule is COc1cc(OC)c(N2C(=NC(=O)COCC(=O)O)S[C@@H]3CS(=O)(=O)C[C@@H]32)cc1Cl. The highest BCUT2D eigenvalue weighted by atomic mass is 35.5. The summed E-state index contributed by atoms with van der Waals surface area (Å²) >= 11 is 7.44. The maximum absolute atomic E-state index is 12.2. The maximum Gasteiger partial charge on any atom is 0.329 e. The molecule has 2 saturated heterocycles. The van der Waals surface area contributed by atoms with E-state index in [2.05, 4.69) is 4.99 Å². The predicted octanol–water partition coefficient (Wildman–Crippen LogP) is 1.06. The van der Waals surface area contributed by atoms with Crippen LogP contribution in [0, 0.1) is 0 Å². The number of fused-ring (bicyclic) bond motifs is 1. The van der Waals surface area contributed by atoms with Gasteiger partial charge in [-0.3, -0.25) is 4.79 Å². The molecule has 2 aliphatic rings. The van der Waals surface area contributed by atoms with Gasteiger partial charge in [-0.1, -0.05) is 23.4 Å². The lowest BCUT2D eigenvalue weighted by atomic mass is 10.2. The standard InChI is InChI=1S/C17H19ClN2O8S2/c1-26-12-4-13(27-2)10(3-9(12)18)20-11-7-30(24,25)8-14(11)29-17(20)19-15(21)5-28-6-16(22)23/h3-4,11,14H,5-8H2,1-2H3,(H,22,23)/t11-,14+/m0/s1. The number of sulfone groups is 1. The van der Waals surface area contributed by atoms with Crippen LogP contribution in [-0.2, 0) is 24.2 Å². The first kappa shape index (κ1) is 22.7. The summed E-state index contributed by atoms with van der Waals surface area (Å²) in [6.45, 7) is -1.14. The Morgan fingerprint density at radius 2 is 1.93 bits per heavy atom. The lowest BCUT2D eigenvalue weighted by Gasteiger charge is -2.26. The summed E-state index contributed by atoms with van der Waals surface area (Å²) < 4.78 is 39.8. The number of carbonyl (C=O) groups excluding carboxylic acids is 1. The van der Waals surface area contributed by atoms with Gasteiger partial charge in [0.25, 0.3) is 5.91 Å². The molecule has 0 unspecified atom stereocenters. The minimum absolute atomic E-state index is 0.0479. The summed E-state index contributed by atoms with van der Waals surface area (Å²) in [4.78, 5) is 28.4. The Hall–Kier alpha value is -2.02. The van der Waals surface area contributed by atoms with Crippen molar-refractivity contribution < 1.29 is 37.3 Å². The zero-order chi connectivity index (χ0) is 22.1. The van der Waals surface area contributed by atoms with Gasteiger partial charge in [0.05, 0.1) is 42.5 Å². The van der Waals surface area contributed by atoms with E-state index in [4.69, 9.17) is 30.9 Å². The Bertz CT molecular complexity index is 998. The molecule has 0 aromatic heterocycles. The van der Waals surface area contributed by atoms with Gasteiger partial charge in [0, 0.05) is 11.3 Å². The van der Waals surface area contributed by atoms with Crippen molar-refractivity contribution in [2.75, 3.05) is 43.8 Å². The molecule has 0 bridgehead atoms. The smallest absolute Gasteiger partial charge is 0.329 e.